The van der Waals surface area contributed by atoms with E-state index in [0.29, 0.717) is 0 Å². The van der Waals surface area contributed by atoms with Gasteiger partial charge in [-0.2, -0.15) is 0 Å². The Morgan fingerprint density at radius 3 is 1.53 bits per heavy atom. The molecule has 1 amide bonds. The summed E-state index contributed by atoms with van der Waals surface area (Å²) in [5.74, 6) is 0. The number of aliphatic hydroxyl groups excluding tert-OH is 1. The average Bonchev–Trinajstić information content (AvgIpc) is 3.60. The molecule has 1 fully saturated rings. The van der Waals surface area contributed by atoms with Gasteiger partial charge in [0.05, 0.1) is 52.9 Å². The molecule has 0 aliphatic carbocycles. The standard InChI is InChI=1S/C48H56NO12P/c1-49(2)48(51)61-46-44(50)41(33-53-28-36-18-8-3-9-19-36)60-47(46)57-34-42(54-29-37-20-10-4-11-21-37)45(56-31-39-24-14-6-15-25-39)43(55-30-38-22-12-5-13-23-38)35-59-62(52)58-32-40-26-16-7-17-27-40/h3-27,41-47,50,52H,28-35H2,1-2H3. The van der Waals surface area contributed by atoms with Crippen molar-refractivity contribution < 1.29 is 57.0 Å². The maximum Gasteiger partial charge on any atom is 0.409 e. The van der Waals surface area contributed by atoms with Crippen molar-refractivity contribution in [3.63, 3.8) is 0 Å². The van der Waals surface area contributed by atoms with E-state index < -0.39 is 57.6 Å². The summed E-state index contributed by atoms with van der Waals surface area (Å²) in [5, 5.41) is 11.5. The van der Waals surface area contributed by atoms with Crippen molar-refractivity contribution in [2.45, 2.75) is 75.9 Å². The van der Waals surface area contributed by atoms with Gasteiger partial charge in [0.1, 0.15) is 30.5 Å². The van der Waals surface area contributed by atoms with Gasteiger partial charge < -0.3 is 57.1 Å². The number of carbonyl (C=O) groups excluding carboxylic acids is 1. The minimum absolute atomic E-state index is 0.00586. The van der Waals surface area contributed by atoms with E-state index in [0.717, 1.165) is 27.8 Å². The summed E-state index contributed by atoms with van der Waals surface area (Å²) in [4.78, 5) is 25.1. The molecule has 2 N–H and O–H groups in total. The molecular formula is C48H56NO12P. The summed E-state index contributed by atoms with van der Waals surface area (Å²) in [7, 11) is 0.766. The van der Waals surface area contributed by atoms with Gasteiger partial charge in [-0.1, -0.05) is 152 Å². The second-order valence-corrected chi connectivity index (χ2v) is 15.8. The number of amides is 1. The highest BCUT2D eigenvalue weighted by atomic mass is 31.2. The first-order valence-corrected chi connectivity index (χ1v) is 21.7. The van der Waals surface area contributed by atoms with Crippen LogP contribution in [0.3, 0.4) is 0 Å². The smallest absolute Gasteiger partial charge is 0.409 e. The van der Waals surface area contributed by atoms with E-state index in [4.69, 9.17) is 42.2 Å². The molecule has 1 saturated heterocycles. The SMILES string of the molecule is CN(C)C(=O)OC1C(OCC(OCc2ccccc2)C(OCc2ccccc2)C(COP(O)OCc2ccccc2)OCc2ccccc2)OC(COCc2ccccc2)C1O. The highest BCUT2D eigenvalue weighted by Gasteiger charge is 2.48. The molecule has 0 radical (unpaired) electrons. The van der Waals surface area contributed by atoms with Gasteiger partial charge in [-0.15, -0.1) is 0 Å². The fraction of sp³-hybridized carbons (Fsp3) is 0.354. The molecule has 13 nitrogen and oxygen atoms in total. The molecule has 1 heterocycles. The lowest BCUT2D eigenvalue weighted by Crippen LogP contribution is -2.48. The predicted octanol–water partition coefficient (Wildman–Crippen LogP) is 7.58. The molecule has 5 aromatic rings. The Hall–Kier alpha value is -4.60. The summed E-state index contributed by atoms with van der Waals surface area (Å²) in [6.07, 6.45) is -7.87. The minimum atomic E-state index is -2.33. The van der Waals surface area contributed by atoms with Crippen LogP contribution in [0.1, 0.15) is 27.8 Å². The van der Waals surface area contributed by atoms with Gasteiger partial charge >= 0.3 is 14.7 Å². The summed E-state index contributed by atoms with van der Waals surface area (Å²) < 4.78 is 56.1. The molecule has 8 atom stereocenters. The van der Waals surface area contributed by atoms with Crippen LogP contribution in [0.25, 0.3) is 0 Å². The number of hydrogen-bond acceptors (Lipinski definition) is 12. The highest BCUT2D eigenvalue weighted by Crippen LogP contribution is 2.35. The molecule has 5 aromatic carbocycles. The maximum absolute atomic E-state index is 12.9. The number of aliphatic hydroxyl groups is 1. The number of carbonyl (C=O) groups is 1. The van der Waals surface area contributed by atoms with Crippen molar-refractivity contribution in [1.29, 1.82) is 0 Å². The molecule has 14 heteroatoms. The Labute approximate surface area is 365 Å². The van der Waals surface area contributed by atoms with Crippen LogP contribution < -0.4 is 0 Å². The third kappa shape index (κ3) is 15.3. The van der Waals surface area contributed by atoms with Crippen molar-refractivity contribution in [2.24, 2.45) is 0 Å². The lowest BCUT2D eigenvalue weighted by atomic mass is 10.1. The molecule has 62 heavy (non-hydrogen) atoms. The summed E-state index contributed by atoms with van der Waals surface area (Å²) >= 11 is 0. The first-order chi connectivity index (χ1) is 30.3. The number of nitrogens with zero attached hydrogens (tertiary/aromatic N) is 1. The van der Waals surface area contributed by atoms with E-state index in [1.807, 2.05) is 152 Å². The zero-order valence-electron chi connectivity index (χ0n) is 35.0. The Balaban J connectivity index is 1.26. The van der Waals surface area contributed by atoms with Gasteiger partial charge in [0.25, 0.3) is 0 Å². The molecule has 0 saturated carbocycles. The predicted molar refractivity (Wildman–Crippen MR) is 232 cm³/mol. The van der Waals surface area contributed by atoms with Crippen molar-refractivity contribution in [3.05, 3.63) is 179 Å². The molecule has 1 aliphatic rings. The van der Waals surface area contributed by atoms with E-state index in [1.54, 1.807) is 14.1 Å². The lowest BCUT2D eigenvalue weighted by molar-refractivity contribution is -0.217. The van der Waals surface area contributed by atoms with Crippen molar-refractivity contribution in [3.8, 4) is 0 Å². The van der Waals surface area contributed by atoms with E-state index in [-0.39, 0.29) is 52.9 Å². The molecule has 6 rings (SSSR count). The topological polar surface area (TPSA) is 144 Å². The molecule has 8 unspecified atom stereocenters. The molecule has 0 bridgehead atoms. The van der Waals surface area contributed by atoms with Gasteiger partial charge in [0.2, 0.25) is 0 Å². The average molecular weight is 870 g/mol. The number of hydrogen-bond donors (Lipinski definition) is 2. The summed E-state index contributed by atoms with van der Waals surface area (Å²) in [6, 6.07) is 48.1. The second kappa shape index (κ2) is 25.5. The van der Waals surface area contributed by atoms with Crippen LogP contribution in [0.4, 0.5) is 4.79 Å². The van der Waals surface area contributed by atoms with E-state index in [2.05, 4.69) is 0 Å². The van der Waals surface area contributed by atoms with Crippen LogP contribution in [-0.4, -0.2) is 97.8 Å². The van der Waals surface area contributed by atoms with Gasteiger partial charge in [-0.05, 0) is 27.8 Å². The third-order valence-corrected chi connectivity index (χ3v) is 10.6. The van der Waals surface area contributed by atoms with Gasteiger partial charge in [-0.25, -0.2) is 4.79 Å². The first-order valence-electron chi connectivity index (χ1n) is 20.5. The number of rotatable bonds is 25. The molecule has 0 spiro atoms. The summed E-state index contributed by atoms with van der Waals surface area (Å²) in [5.41, 5.74) is 4.53. The van der Waals surface area contributed by atoms with E-state index >= 15 is 0 Å². The van der Waals surface area contributed by atoms with Crippen LogP contribution in [0, 0.1) is 0 Å². The van der Waals surface area contributed by atoms with E-state index in [1.165, 1.54) is 4.90 Å². The largest absolute Gasteiger partial charge is 0.438 e. The van der Waals surface area contributed by atoms with Gasteiger partial charge in [0, 0.05) is 14.1 Å². The summed E-state index contributed by atoms with van der Waals surface area (Å²) in [6.45, 7) is 0.658. The fourth-order valence-corrected chi connectivity index (χ4v) is 7.12. The third-order valence-electron chi connectivity index (χ3n) is 9.88. The lowest BCUT2D eigenvalue weighted by Gasteiger charge is -2.34. The van der Waals surface area contributed by atoms with Gasteiger partial charge in [-0.3, -0.25) is 0 Å². The molecule has 330 valence electrons. The first kappa shape index (κ1) is 46.9. The molecule has 0 aromatic heterocycles. The maximum atomic E-state index is 12.9. The quantitative estimate of drug-likeness (QED) is 0.0559. The Bertz CT molecular complexity index is 1970. The Morgan fingerprint density at radius 1 is 0.613 bits per heavy atom. The van der Waals surface area contributed by atoms with E-state index in [9.17, 15) is 14.8 Å². The fourth-order valence-electron chi connectivity index (χ4n) is 6.51. The van der Waals surface area contributed by atoms with Crippen LogP contribution in [0.15, 0.2) is 152 Å². The Morgan fingerprint density at radius 2 is 1.05 bits per heavy atom. The normalized spacial score (nSPS) is 19.4. The zero-order valence-corrected chi connectivity index (χ0v) is 35.9. The van der Waals surface area contributed by atoms with Crippen LogP contribution >= 0.6 is 8.60 Å². The molecule has 1 aliphatic heterocycles. The number of ether oxygens (including phenoxy) is 7. The second-order valence-electron chi connectivity index (χ2n) is 14.8. The monoisotopic (exact) mass is 869 g/mol. The van der Waals surface area contributed by atoms with Crippen LogP contribution in [0.2, 0.25) is 0 Å². The zero-order chi connectivity index (χ0) is 43.4. The van der Waals surface area contributed by atoms with Crippen molar-refractivity contribution in [2.75, 3.05) is 33.9 Å². The number of benzene rings is 5. The van der Waals surface area contributed by atoms with Crippen molar-refractivity contribution in [1.82, 2.24) is 4.90 Å². The minimum Gasteiger partial charge on any atom is -0.438 e. The highest BCUT2D eigenvalue weighted by molar-refractivity contribution is 7.40. The molecular weight excluding hydrogens is 813 g/mol. The van der Waals surface area contributed by atoms with Crippen LogP contribution in [0.5, 0.6) is 0 Å². The van der Waals surface area contributed by atoms with Crippen LogP contribution in [-0.2, 0) is 75.2 Å². The Kier molecular flexibility index (Phi) is 19.3. The van der Waals surface area contributed by atoms with Crippen molar-refractivity contribution >= 4 is 14.7 Å². The van der Waals surface area contributed by atoms with Gasteiger partial charge in [0.15, 0.2) is 12.4 Å².